The molecule has 3 N–H and O–H groups in total. The summed E-state index contributed by atoms with van der Waals surface area (Å²) in [6, 6.07) is 23.7. The van der Waals surface area contributed by atoms with Crippen molar-refractivity contribution in [1.82, 2.24) is 20.2 Å². The highest BCUT2D eigenvalue weighted by Crippen LogP contribution is 2.31. The zero-order valence-electron chi connectivity index (χ0n) is 20.1. The van der Waals surface area contributed by atoms with Gasteiger partial charge in [0, 0.05) is 38.1 Å². The lowest BCUT2D eigenvalue weighted by molar-refractivity contribution is 0.194. The van der Waals surface area contributed by atoms with E-state index in [0.29, 0.717) is 38.3 Å². The van der Waals surface area contributed by atoms with E-state index in [9.17, 15) is 10.1 Å². The second-order valence-corrected chi connectivity index (χ2v) is 8.92. The number of amides is 2. The number of aryl methyl sites for hydroxylation is 1. The SMILES string of the molecule is Cc1cccc(CNC(=O)N2CCN(c3nc(N)nc4ccc(-c5ccccc5C#N)cc34)CC2)c1. The molecule has 1 aromatic heterocycles. The molecule has 1 aliphatic rings. The first-order valence-corrected chi connectivity index (χ1v) is 11.9. The number of nitrogens with one attached hydrogen (secondary N) is 1. The monoisotopic (exact) mass is 477 g/mol. The summed E-state index contributed by atoms with van der Waals surface area (Å²) in [5.74, 6) is 0.953. The summed E-state index contributed by atoms with van der Waals surface area (Å²) in [6.07, 6.45) is 0. The van der Waals surface area contributed by atoms with Crippen LogP contribution in [0.5, 0.6) is 0 Å². The van der Waals surface area contributed by atoms with Crippen LogP contribution in [0.2, 0.25) is 0 Å². The first kappa shape index (κ1) is 23.1. The maximum absolute atomic E-state index is 12.8. The summed E-state index contributed by atoms with van der Waals surface area (Å²) in [6.45, 7) is 4.94. The Hall–Kier alpha value is -4.64. The summed E-state index contributed by atoms with van der Waals surface area (Å²) >= 11 is 0. The minimum Gasteiger partial charge on any atom is -0.368 e. The Morgan fingerprint density at radius 3 is 2.61 bits per heavy atom. The van der Waals surface area contributed by atoms with E-state index in [-0.39, 0.29) is 12.0 Å². The first-order chi connectivity index (χ1) is 17.5. The normalized spacial score (nSPS) is 13.4. The smallest absolute Gasteiger partial charge is 0.317 e. The van der Waals surface area contributed by atoms with Crippen molar-refractivity contribution in [2.75, 3.05) is 36.8 Å². The van der Waals surface area contributed by atoms with Gasteiger partial charge in [-0.15, -0.1) is 0 Å². The number of aromatic nitrogens is 2. The minimum absolute atomic E-state index is 0.0707. The number of carbonyl (C=O) groups excluding carboxylic acids is 1. The van der Waals surface area contributed by atoms with Crippen LogP contribution in [0.25, 0.3) is 22.0 Å². The molecular formula is C28H27N7O. The van der Waals surface area contributed by atoms with Crippen molar-refractivity contribution in [2.45, 2.75) is 13.5 Å². The Bertz CT molecular complexity index is 1470. The molecule has 0 unspecified atom stereocenters. The molecule has 2 amide bonds. The third kappa shape index (κ3) is 4.77. The number of nitriles is 1. The number of anilines is 2. The Morgan fingerprint density at radius 2 is 1.83 bits per heavy atom. The van der Waals surface area contributed by atoms with Gasteiger partial charge < -0.3 is 20.9 Å². The molecule has 180 valence electrons. The van der Waals surface area contributed by atoms with Gasteiger partial charge in [-0.3, -0.25) is 0 Å². The van der Waals surface area contributed by atoms with Crippen molar-refractivity contribution in [3.63, 3.8) is 0 Å². The average Bonchev–Trinajstić information content (AvgIpc) is 2.91. The highest BCUT2D eigenvalue weighted by Gasteiger charge is 2.24. The summed E-state index contributed by atoms with van der Waals surface area (Å²) in [5.41, 5.74) is 11.4. The molecule has 0 atom stereocenters. The van der Waals surface area contributed by atoms with Crippen molar-refractivity contribution < 1.29 is 4.79 Å². The first-order valence-electron chi connectivity index (χ1n) is 11.9. The molecule has 0 radical (unpaired) electrons. The van der Waals surface area contributed by atoms with Gasteiger partial charge in [0.15, 0.2) is 0 Å². The van der Waals surface area contributed by atoms with Crippen LogP contribution < -0.4 is 16.0 Å². The number of nitrogens with two attached hydrogens (primary N) is 1. The lowest BCUT2D eigenvalue weighted by Gasteiger charge is -2.35. The molecule has 36 heavy (non-hydrogen) atoms. The van der Waals surface area contributed by atoms with Gasteiger partial charge in [-0.05, 0) is 41.8 Å². The van der Waals surface area contributed by atoms with Crippen LogP contribution in [0.4, 0.5) is 16.6 Å². The fraction of sp³-hybridized carbons (Fsp3) is 0.214. The van der Waals surface area contributed by atoms with Crippen molar-refractivity contribution in [3.8, 4) is 17.2 Å². The summed E-state index contributed by atoms with van der Waals surface area (Å²) in [4.78, 5) is 25.7. The van der Waals surface area contributed by atoms with E-state index < -0.39 is 0 Å². The van der Waals surface area contributed by atoms with Crippen LogP contribution in [-0.2, 0) is 6.54 Å². The van der Waals surface area contributed by atoms with Crippen LogP contribution in [0.3, 0.4) is 0 Å². The summed E-state index contributed by atoms with van der Waals surface area (Å²) in [5, 5.41) is 13.4. The van der Waals surface area contributed by atoms with Crippen LogP contribution in [0.1, 0.15) is 16.7 Å². The Labute approximate surface area is 210 Å². The average molecular weight is 478 g/mol. The van der Waals surface area contributed by atoms with Crippen LogP contribution in [0, 0.1) is 18.3 Å². The molecule has 4 aromatic rings. The van der Waals surface area contributed by atoms with Gasteiger partial charge in [-0.25, -0.2) is 9.78 Å². The Balaban J connectivity index is 1.34. The fourth-order valence-electron chi connectivity index (χ4n) is 4.60. The van der Waals surface area contributed by atoms with Gasteiger partial charge in [0.1, 0.15) is 5.82 Å². The molecule has 5 rings (SSSR count). The van der Waals surface area contributed by atoms with E-state index in [2.05, 4.69) is 32.3 Å². The molecule has 1 saturated heterocycles. The fourth-order valence-corrected chi connectivity index (χ4v) is 4.60. The lowest BCUT2D eigenvalue weighted by Crippen LogP contribution is -2.52. The second kappa shape index (κ2) is 9.92. The predicted octanol–water partition coefficient (Wildman–Crippen LogP) is 4.09. The largest absolute Gasteiger partial charge is 0.368 e. The number of rotatable bonds is 4. The van der Waals surface area contributed by atoms with Gasteiger partial charge in [0.25, 0.3) is 0 Å². The maximum atomic E-state index is 12.8. The van der Waals surface area contributed by atoms with Gasteiger partial charge in [-0.2, -0.15) is 10.2 Å². The Morgan fingerprint density at radius 1 is 1.03 bits per heavy atom. The molecule has 0 bridgehead atoms. The number of carbonyl (C=O) groups is 1. The van der Waals surface area contributed by atoms with E-state index in [4.69, 9.17) is 5.73 Å². The lowest BCUT2D eigenvalue weighted by atomic mass is 9.99. The molecule has 0 saturated carbocycles. The number of fused-ring (bicyclic) bond motifs is 1. The van der Waals surface area contributed by atoms with Gasteiger partial charge in [-0.1, -0.05) is 54.1 Å². The second-order valence-electron chi connectivity index (χ2n) is 8.92. The van der Waals surface area contributed by atoms with Crippen LogP contribution in [-0.4, -0.2) is 47.1 Å². The van der Waals surface area contributed by atoms with Gasteiger partial charge >= 0.3 is 6.03 Å². The number of benzene rings is 3. The number of nitrogen functional groups attached to an aromatic ring is 1. The van der Waals surface area contributed by atoms with Gasteiger partial charge in [0.05, 0.1) is 17.1 Å². The number of nitrogens with zero attached hydrogens (tertiary/aromatic N) is 5. The molecule has 8 heteroatoms. The predicted molar refractivity (Wildman–Crippen MR) is 141 cm³/mol. The quantitative estimate of drug-likeness (QED) is 0.458. The number of urea groups is 1. The zero-order chi connectivity index (χ0) is 25.1. The summed E-state index contributed by atoms with van der Waals surface area (Å²) < 4.78 is 0. The van der Waals surface area contributed by atoms with Crippen LogP contribution >= 0.6 is 0 Å². The molecule has 0 spiro atoms. The third-order valence-corrected chi connectivity index (χ3v) is 6.44. The highest BCUT2D eigenvalue weighted by atomic mass is 16.2. The van der Waals surface area contributed by atoms with E-state index in [1.807, 2.05) is 72.5 Å². The molecule has 2 heterocycles. The molecule has 1 fully saturated rings. The number of hydrogen-bond donors (Lipinski definition) is 2. The Kier molecular flexibility index (Phi) is 6.37. The number of hydrogen-bond acceptors (Lipinski definition) is 6. The van der Waals surface area contributed by atoms with E-state index in [1.165, 1.54) is 5.56 Å². The van der Waals surface area contributed by atoms with Crippen molar-refractivity contribution >= 4 is 28.7 Å². The van der Waals surface area contributed by atoms with Crippen molar-refractivity contribution in [2.24, 2.45) is 0 Å². The standard InChI is InChI=1S/C28H27N7O/c1-19-5-4-6-20(15-19)18-31-28(36)35-13-11-34(12-14-35)26-24-16-21(9-10-25(24)32-27(30)33-26)23-8-3-2-7-22(23)17-29/h2-10,15-16H,11-14,18H2,1H3,(H,31,36)(H2,30,32,33). The molecular weight excluding hydrogens is 450 g/mol. The zero-order valence-corrected chi connectivity index (χ0v) is 20.1. The van der Waals surface area contributed by atoms with E-state index in [1.54, 1.807) is 0 Å². The highest BCUT2D eigenvalue weighted by molar-refractivity contribution is 5.94. The molecule has 3 aromatic carbocycles. The van der Waals surface area contributed by atoms with Gasteiger partial charge in [0.2, 0.25) is 5.95 Å². The van der Waals surface area contributed by atoms with E-state index in [0.717, 1.165) is 33.4 Å². The van der Waals surface area contributed by atoms with E-state index >= 15 is 0 Å². The molecule has 8 nitrogen and oxygen atoms in total. The third-order valence-electron chi connectivity index (χ3n) is 6.44. The number of piperazine rings is 1. The maximum Gasteiger partial charge on any atom is 0.317 e. The van der Waals surface area contributed by atoms with Crippen LogP contribution in [0.15, 0.2) is 66.7 Å². The molecule has 1 aliphatic heterocycles. The molecule has 0 aliphatic carbocycles. The van der Waals surface area contributed by atoms with Crippen molar-refractivity contribution in [3.05, 3.63) is 83.4 Å². The summed E-state index contributed by atoms with van der Waals surface area (Å²) in [7, 11) is 0. The topological polar surface area (TPSA) is 111 Å². The minimum atomic E-state index is -0.0707. The van der Waals surface area contributed by atoms with Crippen molar-refractivity contribution in [1.29, 1.82) is 5.26 Å².